The van der Waals surface area contributed by atoms with E-state index in [9.17, 15) is 24.9 Å². The first-order valence-electron chi connectivity index (χ1n) is 8.39. The van der Waals surface area contributed by atoms with Gasteiger partial charge >= 0.3 is 11.6 Å². The Bertz CT molecular complexity index is 890. The predicted octanol–water partition coefficient (Wildman–Crippen LogP) is -0.149. The van der Waals surface area contributed by atoms with Gasteiger partial charge in [-0.3, -0.25) is 0 Å². The Morgan fingerprint density at radius 2 is 1.89 bits per heavy atom. The third-order valence-corrected chi connectivity index (χ3v) is 4.26. The van der Waals surface area contributed by atoms with Gasteiger partial charge in [-0.15, -0.1) is 0 Å². The second-order valence-electron chi connectivity index (χ2n) is 6.17. The number of aliphatic hydroxyl groups is 3. The molecule has 0 spiro atoms. The molecular weight excluding hydrogens is 360 g/mol. The molecule has 3 rings (SSSR count). The summed E-state index contributed by atoms with van der Waals surface area (Å²) < 4.78 is 20.8. The van der Waals surface area contributed by atoms with E-state index in [1.165, 1.54) is 12.1 Å². The molecule has 1 fully saturated rings. The van der Waals surface area contributed by atoms with Gasteiger partial charge in [-0.2, -0.15) is 0 Å². The van der Waals surface area contributed by atoms with E-state index < -0.39 is 42.3 Å². The summed E-state index contributed by atoms with van der Waals surface area (Å²) in [6.45, 7) is 3.39. The molecule has 1 aromatic heterocycles. The molecule has 1 aliphatic rings. The lowest BCUT2D eigenvalue weighted by atomic mass is 9.99. The predicted molar refractivity (Wildman–Crippen MR) is 91.2 cm³/mol. The van der Waals surface area contributed by atoms with Gasteiger partial charge in [0.15, 0.2) is 6.10 Å². The van der Waals surface area contributed by atoms with Crippen molar-refractivity contribution in [2.24, 2.45) is 0 Å². The molecular formula is C18H20O9. The Hall–Kier alpha value is -2.46. The van der Waals surface area contributed by atoms with Crippen LogP contribution in [-0.2, 0) is 14.3 Å². The third kappa shape index (κ3) is 3.81. The molecule has 0 aliphatic carbocycles. The fourth-order valence-corrected chi connectivity index (χ4v) is 2.88. The molecule has 2 unspecified atom stereocenters. The van der Waals surface area contributed by atoms with Crippen LogP contribution in [0.5, 0.6) is 5.75 Å². The Labute approximate surface area is 153 Å². The number of aryl methyl sites for hydroxylation is 1. The van der Waals surface area contributed by atoms with Gasteiger partial charge in [-0.25, -0.2) is 9.59 Å². The number of esters is 1. The summed E-state index contributed by atoms with van der Waals surface area (Å²) in [6, 6.07) is 6.00. The minimum Gasteiger partial charge on any atom is -0.464 e. The Morgan fingerprint density at radius 3 is 2.59 bits per heavy atom. The van der Waals surface area contributed by atoms with Gasteiger partial charge in [0.2, 0.25) is 6.29 Å². The lowest BCUT2D eigenvalue weighted by Crippen LogP contribution is -2.61. The molecule has 5 atom stereocenters. The monoisotopic (exact) mass is 380 g/mol. The minimum absolute atomic E-state index is 0.0542. The largest absolute Gasteiger partial charge is 0.464 e. The molecule has 3 N–H and O–H groups in total. The molecule has 0 saturated carbocycles. The van der Waals surface area contributed by atoms with Crippen LogP contribution in [0.15, 0.2) is 33.5 Å². The van der Waals surface area contributed by atoms with E-state index in [1.54, 1.807) is 26.0 Å². The summed E-state index contributed by atoms with van der Waals surface area (Å²) in [5.41, 5.74) is 0.472. The molecule has 2 aromatic rings. The maximum Gasteiger partial charge on any atom is 0.338 e. The molecule has 9 heteroatoms. The maximum absolute atomic E-state index is 11.9. The summed E-state index contributed by atoms with van der Waals surface area (Å²) in [7, 11) is 0. The quantitative estimate of drug-likeness (QED) is 0.489. The Morgan fingerprint density at radius 1 is 1.15 bits per heavy atom. The minimum atomic E-state index is -1.68. The van der Waals surface area contributed by atoms with Crippen LogP contribution in [0.3, 0.4) is 0 Å². The average Bonchev–Trinajstić information content (AvgIpc) is 2.61. The number of carbonyl (C=O) groups excluding carboxylic acids is 1. The number of carbonyl (C=O) groups is 1. The van der Waals surface area contributed by atoms with E-state index in [-0.39, 0.29) is 17.9 Å². The second-order valence-corrected chi connectivity index (χ2v) is 6.17. The van der Waals surface area contributed by atoms with Gasteiger partial charge < -0.3 is 33.9 Å². The van der Waals surface area contributed by atoms with Crippen molar-refractivity contribution in [2.45, 2.75) is 44.6 Å². The van der Waals surface area contributed by atoms with Crippen molar-refractivity contribution >= 4 is 16.9 Å². The van der Waals surface area contributed by atoms with E-state index in [1.807, 2.05) is 0 Å². The average molecular weight is 380 g/mol. The van der Waals surface area contributed by atoms with Gasteiger partial charge in [-0.1, -0.05) is 0 Å². The standard InChI is InChI=1S/C18H20O9/c1-3-24-17(23)16-14(21)13(20)15(22)18(27-16)25-9-4-5-10-8(2)6-12(19)26-11(10)7-9/h4-7,13-16,18,20-22H,3H2,1-2H3/t13-,14+,15?,16?,18-/m1/s1. The Balaban J connectivity index is 1.86. The lowest BCUT2D eigenvalue weighted by molar-refractivity contribution is -0.272. The first kappa shape index (κ1) is 19.3. The summed E-state index contributed by atoms with van der Waals surface area (Å²) in [6.07, 6.45) is -7.94. The highest BCUT2D eigenvalue weighted by molar-refractivity contribution is 5.81. The first-order chi connectivity index (χ1) is 12.8. The van der Waals surface area contributed by atoms with Crippen molar-refractivity contribution in [2.75, 3.05) is 6.61 Å². The van der Waals surface area contributed by atoms with Crippen LogP contribution in [0.2, 0.25) is 0 Å². The summed E-state index contributed by atoms with van der Waals surface area (Å²) >= 11 is 0. The number of ether oxygens (including phenoxy) is 3. The summed E-state index contributed by atoms with van der Waals surface area (Å²) in [4.78, 5) is 23.4. The van der Waals surface area contributed by atoms with Crippen LogP contribution in [0.25, 0.3) is 11.0 Å². The van der Waals surface area contributed by atoms with Gasteiger partial charge in [-0.05, 0) is 31.5 Å². The fourth-order valence-electron chi connectivity index (χ4n) is 2.88. The van der Waals surface area contributed by atoms with Crippen LogP contribution < -0.4 is 10.4 Å². The molecule has 9 nitrogen and oxygen atoms in total. The number of benzene rings is 1. The molecule has 27 heavy (non-hydrogen) atoms. The molecule has 1 saturated heterocycles. The highest BCUT2D eigenvalue weighted by Crippen LogP contribution is 2.27. The number of hydrogen-bond donors (Lipinski definition) is 3. The van der Waals surface area contributed by atoms with Gasteiger partial charge in [0.05, 0.1) is 6.61 Å². The normalized spacial score (nSPS) is 28.1. The summed E-state index contributed by atoms with van der Waals surface area (Å²) in [5.74, 6) is -0.712. The molecule has 0 amide bonds. The number of fused-ring (bicyclic) bond motifs is 1. The van der Waals surface area contributed by atoms with Gasteiger partial charge in [0.1, 0.15) is 29.6 Å². The molecule has 146 valence electrons. The topological polar surface area (TPSA) is 136 Å². The molecule has 1 aliphatic heterocycles. The lowest BCUT2D eigenvalue weighted by Gasteiger charge is -2.38. The van der Waals surface area contributed by atoms with Gasteiger partial charge in [0.25, 0.3) is 0 Å². The van der Waals surface area contributed by atoms with Crippen LogP contribution in [-0.4, -0.2) is 58.6 Å². The Kier molecular flexibility index (Phi) is 5.47. The van der Waals surface area contributed by atoms with Gasteiger partial charge in [0, 0.05) is 17.5 Å². The second kappa shape index (κ2) is 7.65. The number of hydrogen-bond acceptors (Lipinski definition) is 9. The van der Waals surface area contributed by atoms with E-state index in [2.05, 4.69) is 0 Å². The van der Waals surface area contributed by atoms with Crippen LogP contribution >= 0.6 is 0 Å². The van der Waals surface area contributed by atoms with Crippen molar-refractivity contribution < 1.29 is 38.7 Å². The van der Waals surface area contributed by atoms with Crippen LogP contribution in [0, 0.1) is 6.92 Å². The zero-order valence-corrected chi connectivity index (χ0v) is 14.7. The highest BCUT2D eigenvalue weighted by Gasteiger charge is 2.48. The number of rotatable bonds is 4. The van der Waals surface area contributed by atoms with Crippen molar-refractivity contribution in [3.8, 4) is 5.75 Å². The zero-order chi connectivity index (χ0) is 19.7. The van der Waals surface area contributed by atoms with Crippen molar-refractivity contribution in [3.63, 3.8) is 0 Å². The zero-order valence-electron chi connectivity index (χ0n) is 14.7. The molecule has 0 radical (unpaired) electrons. The summed E-state index contributed by atoms with van der Waals surface area (Å²) in [5, 5.41) is 30.8. The third-order valence-electron chi connectivity index (χ3n) is 4.26. The highest BCUT2D eigenvalue weighted by atomic mass is 16.7. The fraction of sp³-hybridized carbons (Fsp3) is 0.444. The van der Waals surface area contributed by atoms with Crippen LogP contribution in [0.4, 0.5) is 0 Å². The smallest absolute Gasteiger partial charge is 0.338 e. The van der Waals surface area contributed by atoms with Crippen LogP contribution in [0.1, 0.15) is 12.5 Å². The van der Waals surface area contributed by atoms with Crippen molar-refractivity contribution in [1.29, 1.82) is 0 Å². The number of aliphatic hydroxyl groups excluding tert-OH is 3. The van der Waals surface area contributed by atoms with Crippen molar-refractivity contribution in [1.82, 2.24) is 0 Å². The SMILES string of the molecule is CCOC(=O)C1O[C@@H](Oc2ccc3c(C)cc(=O)oc3c2)C(O)[C@H](O)[C@@H]1O. The molecule has 1 aromatic carbocycles. The first-order valence-corrected chi connectivity index (χ1v) is 8.39. The van der Waals surface area contributed by atoms with E-state index in [0.29, 0.717) is 5.39 Å². The van der Waals surface area contributed by atoms with E-state index >= 15 is 0 Å². The maximum atomic E-state index is 11.9. The van der Waals surface area contributed by atoms with E-state index in [0.717, 1.165) is 5.56 Å². The molecule has 2 heterocycles. The van der Waals surface area contributed by atoms with Crippen molar-refractivity contribution in [3.05, 3.63) is 40.2 Å². The van der Waals surface area contributed by atoms with E-state index in [4.69, 9.17) is 18.6 Å². The molecule has 0 bridgehead atoms.